The highest BCUT2D eigenvalue weighted by molar-refractivity contribution is 5.61. The summed E-state index contributed by atoms with van der Waals surface area (Å²) in [5.41, 5.74) is 0.304. The first-order chi connectivity index (χ1) is 12.4. The topological polar surface area (TPSA) is 15.7 Å². The molecule has 1 aliphatic heterocycles. The summed E-state index contributed by atoms with van der Waals surface area (Å²) >= 11 is 0. The molecule has 0 aliphatic carbocycles. The lowest BCUT2D eigenvalue weighted by Crippen LogP contribution is -2.30. The number of likely N-dealkylation sites (N-methyl/N-ethyl adjacent to an activating group) is 1. The maximum atomic E-state index is 13.5. The van der Waals surface area contributed by atoms with Crippen molar-refractivity contribution >= 4 is 5.76 Å². The van der Waals surface area contributed by atoms with E-state index >= 15 is 0 Å². The summed E-state index contributed by atoms with van der Waals surface area (Å²) < 4.78 is 46.4. The Hall–Kier alpha value is -2.47. The van der Waals surface area contributed by atoms with Gasteiger partial charge in [0, 0.05) is 30.4 Å². The lowest BCUT2D eigenvalue weighted by Gasteiger charge is -2.28. The molecule has 0 bridgehead atoms. The first-order valence-electron chi connectivity index (χ1n) is 8.37. The molecule has 0 amide bonds. The molecular formula is C20H21F3N2O. The normalized spacial score (nSPS) is 17.4. The number of halogens is 3. The fourth-order valence-corrected chi connectivity index (χ4v) is 2.89. The van der Waals surface area contributed by atoms with Crippen molar-refractivity contribution in [2.75, 3.05) is 27.2 Å². The van der Waals surface area contributed by atoms with Crippen molar-refractivity contribution in [1.82, 2.24) is 9.80 Å². The molecule has 1 unspecified atom stereocenters. The van der Waals surface area contributed by atoms with Gasteiger partial charge < -0.3 is 14.5 Å². The molecule has 138 valence electrons. The van der Waals surface area contributed by atoms with E-state index < -0.39 is 18.0 Å². The van der Waals surface area contributed by atoms with E-state index in [2.05, 4.69) is 0 Å². The Morgan fingerprint density at radius 3 is 2.31 bits per heavy atom. The molecule has 0 fully saturated rings. The third-order valence-corrected chi connectivity index (χ3v) is 4.22. The van der Waals surface area contributed by atoms with Crippen LogP contribution in [0.2, 0.25) is 0 Å². The van der Waals surface area contributed by atoms with Gasteiger partial charge in [0.2, 0.25) is 0 Å². The van der Waals surface area contributed by atoms with Crippen LogP contribution in [-0.4, -0.2) is 37.0 Å². The summed E-state index contributed by atoms with van der Waals surface area (Å²) in [7, 11) is 3.86. The highest BCUT2D eigenvalue weighted by Crippen LogP contribution is 2.41. The van der Waals surface area contributed by atoms with Gasteiger partial charge in [-0.25, -0.2) is 0 Å². The van der Waals surface area contributed by atoms with Crippen LogP contribution in [0.15, 0.2) is 60.8 Å². The average molecular weight is 362 g/mol. The van der Waals surface area contributed by atoms with Crippen molar-refractivity contribution in [3.05, 3.63) is 77.5 Å². The zero-order valence-electron chi connectivity index (χ0n) is 14.7. The summed E-state index contributed by atoms with van der Waals surface area (Å²) in [6.07, 6.45) is -3.43. The Kier molecular flexibility index (Phi) is 5.23. The fraction of sp³-hybridized carbons (Fsp3) is 0.300. The van der Waals surface area contributed by atoms with Gasteiger partial charge in [-0.15, -0.1) is 0 Å². The van der Waals surface area contributed by atoms with E-state index in [9.17, 15) is 13.2 Å². The quantitative estimate of drug-likeness (QED) is 0.773. The molecule has 26 heavy (non-hydrogen) atoms. The molecule has 0 saturated heterocycles. The SMILES string of the molecule is CN(C)CCN1C=C(c2ccccc2)OC1c1ccccc1C(F)(F)F. The van der Waals surface area contributed by atoms with Gasteiger partial charge in [-0.1, -0.05) is 48.5 Å². The van der Waals surface area contributed by atoms with Gasteiger partial charge in [0.15, 0.2) is 6.23 Å². The Morgan fingerprint density at radius 1 is 1.00 bits per heavy atom. The van der Waals surface area contributed by atoms with Crippen LogP contribution in [0.25, 0.3) is 5.76 Å². The molecule has 1 aliphatic rings. The lowest BCUT2D eigenvalue weighted by atomic mass is 10.1. The molecule has 0 N–H and O–H groups in total. The third-order valence-electron chi connectivity index (χ3n) is 4.22. The molecular weight excluding hydrogens is 341 g/mol. The summed E-state index contributed by atoms with van der Waals surface area (Å²) in [5.74, 6) is 0.575. The first kappa shape index (κ1) is 18.3. The number of rotatable bonds is 5. The summed E-state index contributed by atoms with van der Waals surface area (Å²) in [6, 6.07) is 15.0. The minimum atomic E-state index is -4.43. The zero-order valence-corrected chi connectivity index (χ0v) is 14.7. The molecule has 2 aromatic rings. The van der Waals surface area contributed by atoms with Gasteiger partial charge in [-0.05, 0) is 20.2 Å². The predicted octanol–water partition coefficient (Wildman–Crippen LogP) is 4.60. The van der Waals surface area contributed by atoms with Crippen LogP contribution in [0.1, 0.15) is 22.9 Å². The van der Waals surface area contributed by atoms with E-state index in [0.717, 1.165) is 11.6 Å². The standard InChI is InChI=1S/C20H21F3N2O/c1-24(2)12-13-25-14-18(15-8-4-3-5-9-15)26-19(25)16-10-6-7-11-17(16)20(21,22)23/h3-11,14,19H,12-13H2,1-2H3. The maximum absolute atomic E-state index is 13.5. The van der Waals surface area contributed by atoms with E-state index in [1.807, 2.05) is 54.2 Å². The van der Waals surface area contributed by atoms with Gasteiger partial charge in [-0.3, -0.25) is 0 Å². The van der Waals surface area contributed by atoms with Gasteiger partial charge in [0.1, 0.15) is 5.76 Å². The third kappa shape index (κ3) is 4.02. The molecule has 2 aromatic carbocycles. The summed E-state index contributed by atoms with van der Waals surface area (Å²) in [6.45, 7) is 1.26. The molecule has 3 nitrogen and oxygen atoms in total. The average Bonchev–Trinajstić information content (AvgIpc) is 3.04. The predicted molar refractivity (Wildman–Crippen MR) is 94.9 cm³/mol. The lowest BCUT2D eigenvalue weighted by molar-refractivity contribution is -0.139. The van der Waals surface area contributed by atoms with Crippen molar-refractivity contribution in [1.29, 1.82) is 0 Å². The van der Waals surface area contributed by atoms with Crippen LogP contribution in [0.4, 0.5) is 13.2 Å². The largest absolute Gasteiger partial charge is 0.464 e. The highest BCUT2D eigenvalue weighted by atomic mass is 19.4. The number of hydrogen-bond donors (Lipinski definition) is 0. The van der Waals surface area contributed by atoms with Crippen molar-refractivity contribution in [3.63, 3.8) is 0 Å². The minimum absolute atomic E-state index is 0.126. The van der Waals surface area contributed by atoms with Crippen molar-refractivity contribution < 1.29 is 17.9 Å². The molecule has 1 heterocycles. The van der Waals surface area contributed by atoms with Crippen molar-refractivity contribution in [3.8, 4) is 0 Å². The number of ether oxygens (including phenoxy) is 1. The van der Waals surface area contributed by atoms with E-state index in [4.69, 9.17) is 4.74 Å². The van der Waals surface area contributed by atoms with Crippen LogP contribution in [0, 0.1) is 0 Å². The monoisotopic (exact) mass is 362 g/mol. The van der Waals surface area contributed by atoms with E-state index in [-0.39, 0.29) is 5.56 Å². The van der Waals surface area contributed by atoms with Crippen LogP contribution in [0.3, 0.4) is 0 Å². The van der Waals surface area contributed by atoms with Crippen LogP contribution in [0.5, 0.6) is 0 Å². The Bertz CT molecular complexity index is 772. The molecule has 0 radical (unpaired) electrons. The number of hydrogen-bond acceptors (Lipinski definition) is 3. The fourth-order valence-electron chi connectivity index (χ4n) is 2.89. The van der Waals surface area contributed by atoms with Gasteiger partial charge >= 0.3 is 6.18 Å². The second-order valence-electron chi connectivity index (χ2n) is 6.46. The van der Waals surface area contributed by atoms with Gasteiger partial charge in [0.05, 0.1) is 5.56 Å². The molecule has 0 saturated carbocycles. The number of nitrogens with zero attached hydrogens (tertiary/aromatic N) is 2. The maximum Gasteiger partial charge on any atom is 0.416 e. The first-order valence-corrected chi connectivity index (χ1v) is 8.37. The number of alkyl halides is 3. The van der Waals surface area contributed by atoms with Gasteiger partial charge in [-0.2, -0.15) is 13.2 Å². The van der Waals surface area contributed by atoms with Crippen LogP contribution in [-0.2, 0) is 10.9 Å². The van der Waals surface area contributed by atoms with Crippen molar-refractivity contribution in [2.45, 2.75) is 12.4 Å². The Labute approximate surface area is 151 Å². The van der Waals surface area contributed by atoms with Crippen LogP contribution < -0.4 is 0 Å². The smallest absolute Gasteiger partial charge is 0.416 e. The minimum Gasteiger partial charge on any atom is -0.464 e. The van der Waals surface area contributed by atoms with Crippen LogP contribution >= 0.6 is 0 Å². The molecule has 3 rings (SSSR count). The zero-order chi connectivity index (χ0) is 18.7. The second-order valence-corrected chi connectivity index (χ2v) is 6.46. The molecule has 0 aromatic heterocycles. The molecule has 1 atom stereocenters. The Morgan fingerprint density at radius 2 is 1.65 bits per heavy atom. The Balaban J connectivity index is 1.96. The number of benzene rings is 2. The van der Waals surface area contributed by atoms with Crippen molar-refractivity contribution in [2.24, 2.45) is 0 Å². The highest BCUT2D eigenvalue weighted by Gasteiger charge is 2.38. The summed E-state index contributed by atoms with van der Waals surface area (Å²) in [5, 5.41) is 0. The second kappa shape index (κ2) is 7.41. The van der Waals surface area contributed by atoms with E-state index in [1.165, 1.54) is 12.1 Å². The molecule has 6 heteroatoms. The summed E-state index contributed by atoms with van der Waals surface area (Å²) in [4.78, 5) is 3.81. The van der Waals surface area contributed by atoms with Gasteiger partial charge in [0.25, 0.3) is 0 Å². The molecule has 0 spiro atoms. The van der Waals surface area contributed by atoms with E-state index in [1.54, 1.807) is 12.3 Å². The van der Waals surface area contributed by atoms with E-state index in [0.29, 0.717) is 18.8 Å².